The maximum Gasteiger partial charge on any atom is 0.327 e. The summed E-state index contributed by atoms with van der Waals surface area (Å²) in [6, 6.07) is 4.52. The zero-order valence-electron chi connectivity index (χ0n) is 9.80. The van der Waals surface area contributed by atoms with E-state index in [4.69, 9.17) is 27.9 Å². The molecule has 1 atom stereocenters. The molecule has 0 radical (unpaired) electrons. The minimum Gasteiger partial charge on any atom is -0.465 e. The van der Waals surface area contributed by atoms with E-state index < -0.39 is 6.04 Å². The number of carbonyl (C=O) groups excluding carboxylic acids is 1. The highest BCUT2D eigenvalue weighted by atomic mass is 35.5. The summed E-state index contributed by atoms with van der Waals surface area (Å²) < 4.78 is 5.00. The van der Waals surface area contributed by atoms with Crippen LogP contribution in [0, 0.1) is 0 Å². The van der Waals surface area contributed by atoms with E-state index in [2.05, 4.69) is 5.32 Å². The first-order chi connectivity index (χ1) is 8.11. The number of hydrogen-bond acceptors (Lipinski definition) is 3. The molecule has 1 unspecified atom stereocenters. The van der Waals surface area contributed by atoms with Crippen molar-refractivity contribution in [2.45, 2.75) is 19.9 Å². The molecule has 0 aliphatic rings. The van der Waals surface area contributed by atoms with Gasteiger partial charge in [-0.2, -0.15) is 0 Å². The van der Waals surface area contributed by atoms with Crippen molar-refractivity contribution in [3.05, 3.63) is 33.8 Å². The van der Waals surface area contributed by atoms with Gasteiger partial charge in [-0.25, -0.2) is 4.79 Å². The number of benzene rings is 1. The largest absolute Gasteiger partial charge is 0.465 e. The molecule has 0 heterocycles. The molecule has 0 amide bonds. The lowest BCUT2D eigenvalue weighted by atomic mass is 10.1. The Bertz CT molecular complexity index is 376. The molecular formula is C12H15Cl2NO2. The van der Waals surface area contributed by atoms with Crippen molar-refractivity contribution in [3.63, 3.8) is 0 Å². The Hall–Kier alpha value is -0.770. The van der Waals surface area contributed by atoms with Gasteiger partial charge in [0.2, 0.25) is 0 Å². The van der Waals surface area contributed by atoms with Crippen LogP contribution in [0.25, 0.3) is 0 Å². The summed E-state index contributed by atoms with van der Waals surface area (Å²) in [6.45, 7) is 4.60. The van der Waals surface area contributed by atoms with Gasteiger partial charge < -0.3 is 10.1 Å². The van der Waals surface area contributed by atoms with Gasteiger partial charge in [0.05, 0.1) is 6.61 Å². The lowest BCUT2D eigenvalue weighted by Crippen LogP contribution is -2.30. The monoisotopic (exact) mass is 275 g/mol. The predicted octanol–water partition coefficient (Wildman–Crippen LogP) is 3.21. The van der Waals surface area contributed by atoms with E-state index >= 15 is 0 Å². The maximum atomic E-state index is 11.8. The molecule has 1 N–H and O–H groups in total. The molecular weight excluding hydrogens is 261 g/mol. The second-order valence-corrected chi connectivity index (χ2v) is 4.19. The van der Waals surface area contributed by atoms with Crippen molar-refractivity contribution >= 4 is 29.2 Å². The molecule has 0 aromatic heterocycles. The molecule has 0 spiro atoms. The van der Waals surface area contributed by atoms with E-state index in [0.717, 1.165) is 0 Å². The van der Waals surface area contributed by atoms with Crippen LogP contribution in [0.5, 0.6) is 0 Å². The van der Waals surface area contributed by atoms with E-state index in [1.54, 1.807) is 25.1 Å². The van der Waals surface area contributed by atoms with Crippen LogP contribution in [-0.4, -0.2) is 19.1 Å². The zero-order chi connectivity index (χ0) is 12.8. The Morgan fingerprint density at radius 3 is 2.41 bits per heavy atom. The van der Waals surface area contributed by atoms with E-state index in [1.807, 2.05) is 6.92 Å². The van der Waals surface area contributed by atoms with Crippen LogP contribution in [0.2, 0.25) is 10.0 Å². The molecule has 17 heavy (non-hydrogen) atoms. The Morgan fingerprint density at radius 1 is 1.35 bits per heavy atom. The van der Waals surface area contributed by atoms with Gasteiger partial charge in [0, 0.05) is 15.6 Å². The van der Waals surface area contributed by atoms with E-state index in [-0.39, 0.29) is 5.97 Å². The number of ether oxygens (including phenoxy) is 1. The van der Waals surface area contributed by atoms with Crippen LogP contribution in [0.3, 0.4) is 0 Å². The summed E-state index contributed by atoms with van der Waals surface area (Å²) in [5, 5.41) is 3.93. The number of nitrogens with one attached hydrogen (secondary N) is 1. The van der Waals surface area contributed by atoms with Gasteiger partial charge in [0.1, 0.15) is 6.04 Å². The van der Waals surface area contributed by atoms with Crippen LogP contribution in [0.4, 0.5) is 0 Å². The van der Waals surface area contributed by atoms with E-state index in [1.165, 1.54) is 0 Å². The van der Waals surface area contributed by atoms with Crippen molar-refractivity contribution < 1.29 is 9.53 Å². The van der Waals surface area contributed by atoms with Gasteiger partial charge >= 0.3 is 5.97 Å². The number of carbonyl (C=O) groups is 1. The lowest BCUT2D eigenvalue weighted by molar-refractivity contribution is -0.145. The molecule has 0 aliphatic heterocycles. The molecule has 94 valence electrons. The second-order valence-electron chi connectivity index (χ2n) is 3.38. The molecule has 1 aromatic carbocycles. The van der Waals surface area contributed by atoms with Gasteiger partial charge in [-0.05, 0) is 25.6 Å². The van der Waals surface area contributed by atoms with Crippen LogP contribution in [-0.2, 0) is 9.53 Å². The van der Waals surface area contributed by atoms with Gasteiger partial charge in [-0.1, -0.05) is 36.2 Å². The molecule has 1 rings (SSSR count). The number of likely N-dealkylation sites (N-methyl/N-ethyl adjacent to an activating group) is 1. The highest BCUT2D eigenvalue weighted by Gasteiger charge is 2.25. The Balaban J connectivity index is 3.09. The Kier molecular flexibility index (Phi) is 5.75. The van der Waals surface area contributed by atoms with Crippen LogP contribution < -0.4 is 5.32 Å². The number of hydrogen-bond donors (Lipinski definition) is 1. The molecule has 3 nitrogen and oxygen atoms in total. The van der Waals surface area contributed by atoms with Crippen molar-refractivity contribution in [2.24, 2.45) is 0 Å². The first-order valence-corrected chi connectivity index (χ1v) is 6.21. The first kappa shape index (κ1) is 14.3. The third-order valence-electron chi connectivity index (χ3n) is 2.22. The zero-order valence-corrected chi connectivity index (χ0v) is 11.3. The highest BCUT2D eigenvalue weighted by Crippen LogP contribution is 2.30. The fourth-order valence-electron chi connectivity index (χ4n) is 1.52. The topological polar surface area (TPSA) is 38.3 Å². The maximum absolute atomic E-state index is 11.8. The molecule has 0 fully saturated rings. The standard InChI is InChI=1S/C12H15Cl2NO2/c1-3-15-11(12(16)17-4-2)10-8(13)6-5-7-9(10)14/h5-7,11,15H,3-4H2,1-2H3. The summed E-state index contributed by atoms with van der Waals surface area (Å²) >= 11 is 12.1. The minimum absolute atomic E-state index is 0.322. The van der Waals surface area contributed by atoms with E-state index in [9.17, 15) is 4.79 Å². The second kappa shape index (κ2) is 6.84. The SMILES string of the molecule is CCNC(C(=O)OCC)c1c(Cl)cccc1Cl. The van der Waals surface area contributed by atoms with Crippen molar-refractivity contribution in [1.82, 2.24) is 5.32 Å². The summed E-state index contributed by atoms with van der Waals surface area (Å²) in [6.07, 6.45) is 0. The normalized spacial score (nSPS) is 12.2. The Morgan fingerprint density at radius 2 is 1.94 bits per heavy atom. The molecule has 1 aromatic rings. The van der Waals surface area contributed by atoms with Crippen molar-refractivity contribution in [1.29, 1.82) is 0 Å². The minimum atomic E-state index is -0.624. The number of esters is 1. The van der Waals surface area contributed by atoms with Crippen LogP contribution in [0.15, 0.2) is 18.2 Å². The average molecular weight is 276 g/mol. The number of rotatable bonds is 5. The van der Waals surface area contributed by atoms with Crippen LogP contribution >= 0.6 is 23.2 Å². The molecule has 0 saturated carbocycles. The molecule has 5 heteroatoms. The van der Waals surface area contributed by atoms with Gasteiger partial charge in [-0.15, -0.1) is 0 Å². The predicted molar refractivity (Wildman–Crippen MR) is 69.5 cm³/mol. The summed E-state index contributed by atoms with van der Waals surface area (Å²) in [4.78, 5) is 11.8. The molecule has 0 aliphatic carbocycles. The third-order valence-corrected chi connectivity index (χ3v) is 2.88. The van der Waals surface area contributed by atoms with Gasteiger partial charge in [0.15, 0.2) is 0 Å². The third kappa shape index (κ3) is 3.60. The summed E-state index contributed by atoms with van der Waals surface area (Å²) in [5.41, 5.74) is 0.566. The lowest BCUT2D eigenvalue weighted by Gasteiger charge is -2.19. The smallest absolute Gasteiger partial charge is 0.327 e. The molecule has 0 bridgehead atoms. The fraction of sp³-hybridized carbons (Fsp3) is 0.417. The van der Waals surface area contributed by atoms with Gasteiger partial charge in [-0.3, -0.25) is 0 Å². The average Bonchev–Trinajstić information content (AvgIpc) is 2.28. The van der Waals surface area contributed by atoms with Crippen molar-refractivity contribution in [3.8, 4) is 0 Å². The van der Waals surface area contributed by atoms with Crippen LogP contribution in [0.1, 0.15) is 25.5 Å². The first-order valence-electron chi connectivity index (χ1n) is 5.45. The fourth-order valence-corrected chi connectivity index (χ4v) is 2.14. The van der Waals surface area contributed by atoms with Gasteiger partial charge in [0.25, 0.3) is 0 Å². The number of halogens is 2. The molecule has 0 saturated heterocycles. The Labute approximate surface area is 111 Å². The quantitative estimate of drug-likeness (QED) is 0.839. The van der Waals surface area contributed by atoms with Crippen molar-refractivity contribution in [2.75, 3.05) is 13.2 Å². The highest BCUT2D eigenvalue weighted by molar-refractivity contribution is 6.36. The summed E-state index contributed by atoms with van der Waals surface area (Å²) in [7, 11) is 0. The van der Waals surface area contributed by atoms with E-state index in [0.29, 0.717) is 28.8 Å². The summed E-state index contributed by atoms with van der Waals surface area (Å²) in [5.74, 6) is -0.371.